The van der Waals surface area contributed by atoms with Crippen LogP contribution in [0.4, 0.5) is 18.0 Å². The lowest BCUT2D eigenvalue weighted by molar-refractivity contribution is -0.137. The Bertz CT molecular complexity index is 647. The number of carbonyl (C=O) groups is 1. The molecular weight excluding hydrogens is 347 g/mol. The van der Waals surface area contributed by atoms with E-state index < -0.39 is 23.4 Å². The van der Waals surface area contributed by atoms with Crippen LogP contribution in [0.3, 0.4) is 0 Å². The molecule has 0 N–H and O–H groups in total. The lowest BCUT2D eigenvalue weighted by atomic mass is 10.0. The quantitative estimate of drug-likeness (QED) is 0.779. The molecule has 1 fully saturated rings. The predicted octanol–water partition coefficient (Wildman–Crippen LogP) is 4.60. The van der Waals surface area contributed by atoms with E-state index in [1.807, 2.05) is 6.08 Å². The number of alkyl halides is 3. The fourth-order valence-electron chi connectivity index (χ4n) is 2.73. The monoisotopic (exact) mass is 371 g/mol. The molecule has 26 heavy (non-hydrogen) atoms. The van der Waals surface area contributed by atoms with Gasteiger partial charge in [-0.3, -0.25) is 0 Å². The molecule has 1 heterocycles. The van der Waals surface area contributed by atoms with Crippen molar-refractivity contribution in [1.82, 2.24) is 4.90 Å². The summed E-state index contributed by atoms with van der Waals surface area (Å²) in [6.45, 7) is 6.25. The molecule has 2 unspecified atom stereocenters. The second-order valence-electron chi connectivity index (χ2n) is 7.30. The zero-order valence-electron chi connectivity index (χ0n) is 15.3. The van der Waals surface area contributed by atoms with Gasteiger partial charge in [-0.25, -0.2) is 4.79 Å². The molecule has 1 saturated heterocycles. The summed E-state index contributed by atoms with van der Waals surface area (Å²) in [5.74, 6) is -0.0604. The second kappa shape index (κ2) is 7.70. The maximum Gasteiger partial charge on any atom is 0.416 e. The largest absolute Gasteiger partial charge is 0.444 e. The third kappa shape index (κ3) is 5.49. The van der Waals surface area contributed by atoms with E-state index in [0.717, 1.165) is 12.1 Å². The standard InChI is InChI=1S/C19H24F3NO3/c1-18(2,3)26-17(24)23-11-14(16(12-23)25-4)8-5-13-6-9-15(10-7-13)19(20,21)22/h5-10,14,16H,11-12H2,1-4H3/b8-5+. The van der Waals surface area contributed by atoms with Gasteiger partial charge in [0.25, 0.3) is 0 Å². The van der Waals surface area contributed by atoms with Gasteiger partial charge in [0.1, 0.15) is 5.60 Å². The van der Waals surface area contributed by atoms with E-state index in [1.165, 1.54) is 12.1 Å². The van der Waals surface area contributed by atoms with Crippen molar-refractivity contribution >= 4 is 12.2 Å². The topological polar surface area (TPSA) is 38.8 Å². The first-order valence-electron chi connectivity index (χ1n) is 8.36. The lowest BCUT2D eigenvalue weighted by Gasteiger charge is -2.24. The molecule has 0 bridgehead atoms. The molecule has 0 saturated carbocycles. The Balaban J connectivity index is 2.03. The molecular formula is C19H24F3NO3. The first kappa shape index (κ1) is 20.3. The van der Waals surface area contributed by atoms with Crippen molar-refractivity contribution in [1.29, 1.82) is 0 Å². The molecule has 144 valence electrons. The number of methoxy groups -OCH3 is 1. The van der Waals surface area contributed by atoms with Crippen LogP contribution in [0.5, 0.6) is 0 Å². The minimum absolute atomic E-state index is 0.0604. The summed E-state index contributed by atoms with van der Waals surface area (Å²) in [5.41, 5.74) is -0.599. The van der Waals surface area contributed by atoms with Crippen LogP contribution >= 0.6 is 0 Å². The van der Waals surface area contributed by atoms with Crippen LogP contribution < -0.4 is 0 Å². The molecule has 4 nitrogen and oxygen atoms in total. The number of amides is 1. The van der Waals surface area contributed by atoms with Crippen LogP contribution in [-0.2, 0) is 15.7 Å². The summed E-state index contributed by atoms with van der Waals surface area (Å²) in [7, 11) is 1.57. The van der Waals surface area contributed by atoms with Crippen LogP contribution in [0.15, 0.2) is 30.3 Å². The average Bonchev–Trinajstić information content (AvgIpc) is 2.94. The Kier molecular flexibility index (Phi) is 6.01. The van der Waals surface area contributed by atoms with E-state index in [2.05, 4.69) is 0 Å². The SMILES string of the molecule is COC1CN(C(=O)OC(C)(C)C)CC1/C=C/c1ccc(C(F)(F)F)cc1. The first-order valence-corrected chi connectivity index (χ1v) is 8.36. The van der Waals surface area contributed by atoms with E-state index in [4.69, 9.17) is 9.47 Å². The minimum Gasteiger partial charge on any atom is -0.444 e. The summed E-state index contributed by atoms with van der Waals surface area (Å²) in [6.07, 6.45) is -1.32. The molecule has 7 heteroatoms. The van der Waals surface area contributed by atoms with E-state index in [1.54, 1.807) is 38.9 Å². The van der Waals surface area contributed by atoms with Crippen molar-refractivity contribution in [3.63, 3.8) is 0 Å². The van der Waals surface area contributed by atoms with E-state index in [0.29, 0.717) is 18.7 Å². The fourth-order valence-corrected chi connectivity index (χ4v) is 2.73. The number of benzene rings is 1. The van der Waals surface area contributed by atoms with Crippen molar-refractivity contribution in [3.05, 3.63) is 41.5 Å². The van der Waals surface area contributed by atoms with E-state index in [9.17, 15) is 18.0 Å². The molecule has 0 aliphatic carbocycles. The second-order valence-corrected chi connectivity index (χ2v) is 7.30. The summed E-state index contributed by atoms with van der Waals surface area (Å²) in [6, 6.07) is 4.94. The van der Waals surface area contributed by atoms with Crippen LogP contribution in [0, 0.1) is 5.92 Å². The number of hydrogen-bond acceptors (Lipinski definition) is 3. The van der Waals surface area contributed by atoms with E-state index in [-0.39, 0.29) is 12.0 Å². The van der Waals surface area contributed by atoms with Crippen molar-refractivity contribution in [2.24, 2.45) is 5.92 Å². The molecule has 2 rings (SSSR count). The summed E-state index contributed by atoms with van der Waals surface area (Å²) < 4.78 is 48.6. The highest BCUT2D eigenvalue weighted by Crippen LogP contribution is 2.29. The van der Waals surface area contributed by atoms with Gasteiger partial charge in [-0.15, -0.1) is 0 Å². The van der Waals surface area contributed by atoms with Crippen molar-refractivity contribution < 1.29 is 27.4 Å². The molecule has 0 aromatic heterocycles. The van der Waals surface area contributed by atoms with Crippen LogP contribution in [0.1, 0.15) is 31.9 Å². The average molecular weight is 371 g/mol. The van der Waals surface area contributed by atoms with Gasteiger partial charge in [-0.05, 0) is 38.5 Å². The Hall–Kier alpha value is -2.02. The zero-order valence-corrected chi connectivity index (χ0v) is 15.3. The molecule has 2 atom stereocenters. The number of rotatable bonds is 3. The van der Waals surface area contributed by atoms with Crippen LogP contribution in [-0.4, -0.2) is 42.9 Å². The number of hydrogen-bond donors (Lipinski definition) is 0. The molecule has 1 aromatic carbocycles. The van der Waals surface area contributed by atoms with E-state index >= 15 is 0 Å². The van der Waals surface area contributed by atoms with Gasteiger partial charge in [0, 0.05) is 19.6 Å². The van der Waals surface area contributed by atoms with Crippen LogP contribution in [0.25, 0.3) is 6.08 Å². The smallest absolute Gasteiger partial charge is 0.416 e. The van der Waals surface area contributed by atoms with Crippen molar-refractivity contribution in [2.45, 2.75) is 38.7 Å². The maximum absolute atomic E-state index is 12.6. The highest BCUT2D eigenvalue weighted by molar-refractivity contribution is 5.68. The fraction of sp³-hybridized carbons (Fsp3) is 0.526. The Morgan fingerprint density at radius 3 is 2.27 bits per heavy atom. The van der Waals surface area contributed by atoms with Crippen LogP contribution in [0.2, 0.25) is 0 Å². The van der Waals surface area contributed by atoms with Gasteiger partial charge in [0.15, 0.2) is 0 Å². The molecule has 0 radical (unpaired) electrons. The van der Waals surface area contributed by atoms with Gasteiger partial charge in [-0.1, -0.05) is 24.3 Å². The minimum atomic E-state index is -4.34. The number of ether oxygens (including phenoxy) is 2. The summed E-state index contributed by atoms with van der Waals surface area (Å²) >= 11 is 0. The summed E-state index contributed by atoms with van der Waals surface area (Å²) in [5, 5.41) is 0. The van der Waals surface area contributed by atoms with Gasteiger partial charge >= 0.3 is 12.3 Å². The lowest BCUT2D eigenvalue weighted by Crippen LogP contribution is -2.36. The number of likely N-dealkylation sites (tertiary alicyclic amines) is 1. The molecule has 1 aliphatic rings. The molecule has 1 amide bonds. The highest BCUT2D eigenvalue weighted by atomic mass is 19.4. The third-order valence-electron chi connectivity index (χ3n) is 4.04. The summed E-state index contributed by atoms with van der Waals surface area (Å²) in [4.78, 5) is 13.8. The normalized spacial score (nSPS) is 21.4. The number of carbonyl (C=O) groups excluding carboxylic acids is 1. The highest BCUT2D eigenvalue weighted by Gasteiger charge is 2.36. The molecule has 0 spiro atoms. The maximum atomic E-state index is 12.6. The van der Waals surface area contributed by atoms with Gasteiger partial charge in [0.05, 0.1) is 18.2 Å². The third-order valence-corrected chi connectivity index (χ3v) is 4.04. The molecule has 1 aromatic rings. The van der Waals surface area contributed by atoms with Crippen molar-refractivity contribution in [2.75, 3.05) is 20.2 Å². The Morgan fingerprint density at radius 1 is 1.15 bits per heavy atom. The first-order chi connectivity index (χ1) is 12.0. The van der Waals surface area contributed by atoms with Gasteiger partial charge in [0.2, 0.25) is 0 Å². The number of nitrogens with zero attached hydrogens (tertiary/aromatic N) is 1. The van der Waals surface area contributed by atoms with Gasteiger partial charge in [-0.2, -0.15) is 13.2 Å². The Labute approximate surface area is 151 Å². The zero-order chi connectivity index (χ0) is 19.5. The number of halogens is 3. The predicted molar refractivity (Wildman–Crippen MR) is 92.6 cm³/mol. The van der Waals surface area contributed by atoms with Gasteiger partial charge < -0.3 is 14.4 Å². The molecule has 1 aliphatic heterocycles. The van der Waals surface area contributed by atoms with Crippen molar-refractivity contribution in [3.8, 4) is 0 Å². The Morgan fingerprint density at radius 2 is 1.77 bits per heavy atom.